The highest BCUT2D eigenvalue weighted by Crippen LogP contribution is 2.29. The zero-order chi connectivity index (χ0) is 18.7. The molecule has 1 heterocycles. The molecule has 0 saturated carbocycles. The first-order valence-electron chi connectivity index (χ1n) is 7.40. The van der Waals surface area contributed by atoms with Crippen molar-refractivity contribution in [3.8, 4) is 0 Å². The molecular formula is C16H13BrN4O4S. The summed E-state index contributed by atoms with van der Waals surface area (Å²) in [6, 6.07) is 12.9. The third-order valence-electron chi connectivity index (χ3n) is 3.63. The fourth-order valence-corrected chi connectivity index (χ4v) is 3.42. The van der Waals surface area contributed by atoms with Gasteiger partial charge in [-0.15, -0.1) is 0 Å². The smallest absolute Gasteiger partial charge is 0.292 e. The molecule has 0 saturated heterocycles. The molecule has 2 aromatic rings. The number of nitrogens with zero attached hydrogens (tertiary/aromatic N) is 2. The van der Waals surface area contributed by atoms with Gasteiger partial charge < -0.3 is 10.4 Å². The molecule has 0 fully saturated rings. The topological polar surface area (TPSA) is 117 Å². The molecule has 0 bridgehead atoms. The molecule has 134 valence electrons. The van der Waals surface area contributed by atoms with E-state index in [9.17, 15) is 20.0 Å². The minimum absolute atomic E-state index is 0.0740. The number of halogens is 1. The number of anilines is 1. The molecule has 1 amide bonds. The lowest BCUT2D eigenvalue weighted by molar-refractivity contribution is -0.383. The summed E-state index contributed by atoms with van der Waals surface area (Å²) < 4.78 is 0.876. The lowest BCUT2D eigenvalue weighted by Crippen LogP contribution is -2.46. The van der Waals surface area contributed by atoms with Crippen LogP contribution >= 0.6 is 27.7 Å². The summed E-state index contributed by atoms with van der Waals surface area (Å²) >= 11 is 4.38. The van der Waals surface area contributed by atoms with Crippen LogP contribution in [0.5, 0.6) is 0 Å². The van der Waals surface area contributed by atoms with Crippen molar-refractivity contribution in [2.45, 2.75) is 5.72 Å². The molecule has 2 aromatic carbocycles. The van der Waals surface area contributed by atoms with Gasteiger partial charge >= 0.3 is 0 Å². The van der Waals surface area contributed by atoms with Crippen LogP contribution in [0, 0.1) is 10.1 Å². The van der Waals surface area contributed by atoms with Gasteiger partial charge in [-0.2, -0.15) is 5.10 Å². The summed E-state index contributed by atoms with van der Waals surface area (Å²) in [5.41, 5.74) is 1.67. The lowest BCUT2D eigenvalue weighted by Gasteiger charge is -2.31. The Morgan fingerprint density at radius 3 is 2.62 bits per heavy atom. The Hall–Kier alpha value is -2.43. The van der Waals surface area contributed by atoms with Crippen LogP contribution in [0.4, 0.5) is 11.4 Å². The second-order valence-electron chi connectivity index (χ2n) is 5.41. The largest absolute Gasteiger partial charge is 0.365 e. The lowest BCUT2D eigenvalue weighted by atomic mass is 10.1. The van der Waals surface area contributed by atoms with E-state index < -0.39 is 16.6 Å². The van der Waals surface area contributed by atoms with Gasteiger partial charge in [-0.05, 0) is 18.2 Å². The molecule has 0 aromatic heterocycles. The molecule has 8 nitrogen and oxygen atoms in total. The maximum absolute atomic E-state index is 12.3. The highest BCUT2D eigenvalue weighted by molar-refractivity contribution is 9.10. The van der Waals surface area contributed by atoms with Crippen molar-refractivity contribution >= 4 is 50.0 Å². The van der Waals surface area contributed by atoms with Crippen LogP contribution in [0.2, 0.25) is 0 Å². The van der Waals surface area contributed by atoms with E-state index in [1.165, 1.54) is 18.2 Å². The summed E-state index contributed by atoms with van der Waals surface area (Å²) in [4.78, 5) is 22.8. The molecule has 0 aliphatic carbocycles. The Morgan fingerprint density at radius 2 is 2.00 bits per heavy atom. The summed E-state index contributed by atoms with van der Waals surface area (Å²) in [6.45, 7) is 0. The first kappa shape index (κ1) is 18.4. The van der Waals surface area contributed by atoms with Gasteiger partial charge in [0.15, 0.2) is 10.8 Å². The fraction of sp³-hybridized carbons (Fsp3) is 0.125. The van der Waals surface area contributed by atoms with Crippen molar-refractivity contribution < 1.29 is 14.8 Å². The molecule has 1 aliphatic heterocycles. The van der Waals surface area contributed by atoms with E-state index in [1.807, 2.05) is 0 Å². The first-order valence-corrected chi connectivity index (χ1v) is 9.18. The van der Waals surface area contributed by atoms with Crippen LogP contribution in [-0.2, 0) is 10.5 Å². The second kappa shape index (κ2) is 7.44. The van der Waals surface area contributed by atoms with E-state index in [0.29, 0.717) is 5.56 Å². The molecule has 3 N–H and O–H groups in total. The van der Waals surface area contributed by atoms with Gasteiger partial charge in [-0.1, -0.05) is 52.0 Å². The molecule has 26 heavy (non-hydrogen) atoms. The number of hydrazone groups is 1. The second-order valence-corrected chi connectivity index (χ2v) is 7.29. The number of carbonyl (C=O) groups is 1. The number of rotatable bonds is 4. The summed E-state index contributed by atoms with van der Waals surface area (Å²) in [6.07, 6.45) is 0. The number of aliphatic hydroxyl groups is 1. The number of benzene rings is 2. The Balaban J connectivity index is 1.74. The zero-order valence-corrected chi connectivity index (χ0v) is 15.6. The number of hydrogen-bond donors (Lipinski definition) is 3. The Bertz CT molecular complexity index is 890. The van der Waals surface area contributed by atoms with Crippen molar-refractivity contribution in [3.05, 3.63) is 68.7 Å². The average Bonchev–Trinajstić information content (AvgIpc) is 2.63. The number of nitro groups is 1. The maximum atomic E-state index is 12.3. The summed E-state index contributed by atoms with van der Waals surface area (Å²) in [5.74, 6) is -0.438. The predicted octanol–water partition coefficient (Wildman–Crippen LogP) is 2.79. The normalized spacial score (nSPS) is 19.2. The summed E-state index contributed by atoms with van der Waals surface area (Å²) in [5, 5.41) is 28.2. The zero-order valence-electron chi connectivity index (χ0n) is 13.2. The van der Waals surface area contributed by atoms with Gasteiger partial charge in [0.25, 0.3) is 11.6 Å². The summed E-state index contributed by atoms with van der Waals surface area (Å²) in [7, 11) is 0. The number of hydrogen-bond acceptors (Lipinski definition) is 7. The van der Waals surface area contributed by atoms with E-state index in [-0.39, 0.29) is 22.2 Å². The quantitative estimate of drug-likeness (QED) is 0.500. The Morgan fingerprint density at radius 1 is 1.31 bits per heavy atom. The number of para-hydroxylation sites is 2. The van der Waals surface area contributed by atoms with Crippen LogP contribution in [-0.4, -0.2) is 26.7 Å². The van der Waals surface area contributed by atoms with Crippen molar-refractivity contribution in [2.75, 3.05) is 11.1 Å². The fourth-order valence-electron chi connectivity index (χ4n) is 2.28. The van der Waals surface area contributed by atoms with Crippen LogP contribution in [0.1, 0.15) is 5.56 Å². The highest BCUT2D eigenvalue weighted by atomic mass is 79.9. The number of amides is 1. The van der Waals surface area contributed by atoms with Gasteiger partial charge in [0.05, 0.1) is 10.7 Å². The van der Waals surface area contributed by atoms with Gasteiger partial charge in [0.2, 0.25) is 0 Å². The first-order chi connectivity index (χ1) is 12.4. The molecular weight excluding hydrogens is 424 g/mol. The van der Waals surface area contributed by atoms with Crippen molar-refractivity contribution in [1.82, 2.24) is 5.43 Å². The minimum atomic E-state index is -1.41. The third-order valence-corrected chi connectivity index (χ3v) is 5.27. The Labute approximate surface area is 161 Å². The van der Waals surface area contributed by atoms with E-state index >= 15 is 0 Å². The van der Waals surface area contributed by atoms with Crippen LogP contribution in [0.15, 0.2) is 58.1 Å². The van der Waals surface area contributed by atoms with Crippen molar-refractivity contribution in [2.24, 2.45) is 5.10 Å². The van der Waals surface area contributed by atoms with Gasteiger partial charge in [-0.3, -0.25) is 20.3 Å². The molecule has 1 aliphatic rings. The molecule has 10 heteroatoms. The molecule has 1 unspecified atom stereocenters. The minimum Gasteiger partial charge on any atom is -0.365 e. The SMILES string of the molecule is O=C(Nc1ccccc1[N+](=O)[O-])C1=NNC(O)(c2ccc(Br)cc2)CS1. The van der Waals surface area contributed by atoms with Gasteiger partial charge in [0.1, 0.15) is 5.69 Å². The predicted molar refractivity (Wildman–Crippen MR) is 103 cm³/mol. The van der Waals surface area contributed by atoms with E-state index in [4.69, 9.17) is 0 Å². The molecule has 3 rings (SSSR count). The number of nitro benzene ring substituents is 1. The highest BCUT2D eigenvalue weighted by Gasteiger charge is 2.34. The van der Waals surface area contributed by atoms with E-state index in [2.05, 4.69) is 31.8 Å². The Kier molecular flexibility index (Phi) is 5.25. The van der Waals surface area contributed by atoms with Crippen LogP contribution < -0.4 is 10.7 Å². The van der Waals surface area contributed by atoms with Crippen LogP contribution in [0.3, 0.4) is 0 Å². The van der Waals surface area contributed by atoms with Crippen molar-refractivity contribution in [1.29, 1.82) is 0 Å². The third kappa shape index (κ3) is 3.87. The molecule has 1 atom stereocenters. The van der Waals surface area contributed by atoms with Gasteiger partial charge in [-0.25, -0.2) is 0 Å². The van der Waals surface area contributed by atoms with E-state index in [0.717, 1.165) is 16.2 Å². The van der Waals surface area contributed by atoms with Crippen molar-refractivity contribution in [3.63, 3.8) is 0 Å². The average molecular weight is 437 g/mol. The monoisotopic (exact) mass is 436 g/mol. The standard InChI is InChI=1S/C16H13BrN4O4S/c17-11-7-5-10(6-8-11)16(23)9-26-15(19-20-16)14(22)18-12-3-1-2-4-13(12)21(24)25/h1-8,20,23H,9H2,(H,18,22). The van der Waals surface area contributed by atoms with Crippen LogP contribution in [0.25, 0.3) is 0 Å². The number of carbonyl (C=O) groups excluding carboxylic acids is 1. The molecule has 0 radical (unpaired) electrons. The number of nitrogens with one attached hydrogen (secondary N) is 2. The van der Waals surface area contributed by atoms with E-state index in [1.54, 1.807) is 30.3 Å². The number of thioether (sulfide) groups is 1. The molecule has 0 spiro atoms. The maximum Gasteiger partial charge on any atom is 0.292 e. The van der Waals surface area contributed by atoms with Gasteiger partial charge in [0, 0.05) is 16.1 Å².